The molecule has 116 valence electrons. The zero-order valence-corrected chi connectivity index (χ0v) is 13.3. The van der Waals surface area contributed by atoms with E-state index < -0.39 is 0 Å². The van der Waals surface area contributed by atoms with Gasteiger partial charge >= 0.3 is 0 Å². The fraction of sp³-hybridized carbons (Fsp3) is 0.375. The lowest BCUT2D eigenvalue weighted by molar-refractivity contribution is -0.116. The van der Waals surface area contributed by atoms with Crippen molar-refractivity contribution in [1.82, 2.24) is 4.98 Å². The van der Waals surface area contributed by atoms with E-state index in [9.17, 15) is 9.90 Å². The fourth-order valence-corrected chi connectivity index (χ4v) is 3.32. The van der Waals surface area contributed by atoms with Gasteiger partial charge in [-0.25, -0.2) is 4.98 Å². The summed E-state index contributed by atoms with van der Waals surface area (Å²) in [4.78, 5) is 18.1. The van der Waals surface area contributed by atoms with Gasteiger partial charge in [-0.15, -0.1) is 11.3 Å². The van der Waals surface area contributed by atoms with E-state index in [4.69, 9.17) is 0 Å². The van der Waals surface area contributed by atoms with Gasteiger partial charge in [-0.1, -0.05) is 18.2 Å². The number of carbonyl (C=O) groups is 1. The van der Waals surface area contributed by atoms with Gasteiger partial charge in [0.25, 0.3) is 0 Å². The van der Waals surface area contributed by atoms with E-state index in [2.05, 4.69) is 10.3 Å². The zero-order chi connectivity index (χ0) is 15.5. The Morgan fingerprint density at radius 3 is 2.91 bits per heavy atom. The van der Waals surface area contributed by atoms with Crippen molar-refractivity contribution in [3.63, 3.8) is 0 Å². The van der Waals surface area contributed by atoms with Crippen LogP contribution in [0.15, 0.2) is 29.6 Å². The minimum Gasteiger partial charge on any atom is -0.392 e. The molecule has 1 fully saturated rings. The predicted molar refractivity (Wildman–Crippen MR) is 88.0 cm³/mol. The number of benzene rings is 1. The van der Waals surface area contributed by atoms with Crippen LogP contribution < -0.4 is 10.2 Å². The van der Waals surface area contributed by atoms with Crippen molar-refractivity contribution >= 4 is 28.1 Å². The molecule has 2 aromatic rings. The van der Waals surface area contributed by atoms with E-state index in [1.54, 1.807) is 11.8 Å². The topological polar surface area (TPSA) is 65.5 Å². The van der Waals surface area contributed by atoms with Gasteiger partial charge in [0.2, 0.25) is 5.91 Å². The number of anilines is 2. The Bertz CT molecular complexity index is 667. The molecular formula is C16H19N3O2S. The molecule has 0 bridgehead atoms. The molecule has 0 unspecified atom stereocenters. The van der Waals surface area contributed by atoms with E-state index >= 15 is 0 Å². The lowest BCUT2D eigenvalue weighted by Gasteiger charge is -2.16. The lowest BCUT2D eigenvalue weighted by atomic mass is 10.2. The Morgan fingerprint density at radius 1 is 1.45 bits per heavy atom. The quantitative estimate of drug-likeness (QED) is 0.860. The summed E-state index contributed by atoms with van der Waals surface area (Å²) < 4.78 is 0. The fourth-order valence-electron chi connectivity index (χ4n) is 2.39. The summed E-state index contributed by atoms with van der Waals surface area (Å²) in [5.74, 6) is 0.0574. The monoisotopic (exact) mass is 317 g/mol. The smallest absolute Gasteiger partial charge is 0.225 e. The van der Waals surface area contributed by atoms with Crippen molar-refractivity contribution in [3.8, 4) is 0 Å². The maximum Gasteiger partial charge on any atom is 0.225 e. The van der Waals surface area contributed by atoms with E-state index in [1.165, 1.54) is 11.3 Å². The second-order valence-corrected chi connectivity index (χ2v) is 6.25. The van der Waals surface area contributed by atoms with Gasteiger partial charge in [-0.3, -0.25) is 9.69 Å². The third-order valence-electron chi connectivity index (χ3n) is 3.64. The number of nitrogens with zero attached hydrogens (tertiary/aromatic N) is 2. The Kier molecular flexibility index (Phi) is 4.40. The van der Waals surface area contributed by atoms with Crippen LogP contribution >= 0.6 is 11.3 Å². The number of aliphatic hydroxyl groups is 1. The van der Waals surface area contributed by atoms with Crippen LogP contribution in [0.4, 0.5) is 10.8 Å². The molecule has 1 aromatic carbocycles. The summed E-state index contributed by atoms with van der Waals surface area (Å²) in [7, 11) is 0. The van der Waals surface area contributed by atoms with E-state index in [0.29, 0.717) is 12.6 Å². The highest BCUT2D eigenvalue weighted by atomic mass is 32.1. The van der Waals surface area contributed by atoms with Crippen LogP contribution in [-0.4, -0.2) is 22.0 Å². The summed E-state index contributed by atoms with van der Waals surface area (Å²) in [5.41, 5.74) is 2.67. The zero-order valence-electron chi connectivity index (χ0n) is 12.5. The molecule has 6 heteroatoms. The van der Waals surface area contributed by atoms with Crippen molar-refractivity contribution in [2.75, 3.05) is 10.2 Å². The Hall–Kier alpha value is -1.92. The van der Waals surface area contributed by atoms with Crippen LogP contribution in [0.2, 0.25) is 0 Å². The largest absolute Gasteiger partial charge is 0.392 e. The second-order valence-electron chi connectivity index (χ2n) is 5.41. The van der Waals surface area contributed by atoms with E-state index in [1.807, 2.05) is 29.6 Å². The number of aromatic nitrogens is 1. The molecule has 3 rings (SSSR count). The van der Waals surface area contributed by atoms with Crippen molar-refractivity contribution in [2.45, 2.75) is 39.0 Å². The van der Waals surface area contributed by atoms with Gasteiger partial charge in [0, 0.05) is 29.6 Å². The first-order chi connectivity index (χ1) is 10.7. The molecule has 5 nitrogen and oxygen atoms in total. The van der Waals surface area contributed by atoms with Crippen LogP contribution in [0.1, 0.15) is 31.0 Å². The maximum atomic E-state index is 11.7. The summed E-state index contributed by atoms with van der Waals surface area (Å²) >= 11 is 1.50. The van der Waals surface area contributed by atoms with Crippen molar-refractivity contribution in [3.05, 3.63) is 40.9 Å². The maximum absolute atomic E-state index is 11.7. The van der Waals surface area contributed by atoms with Gasteiger partial charge < -0.3 is 10.4 Å². The Labute approximate surface area is 133 Å². The second kappa shape index (κ2) is 6.46. The van der Waals surface area contributed by atoms with Gasteiger partial charge in [-0.2, -0.15) is 0 Å². The number of nitrogens with one attached hydrogen (secondary N) is 1. The molecule has 0 atom stereocenters. The third kappa shape index (κ3) is 3.28. The molecule has 1 aliphatic rings. The van der Waals surface area contributed by atoms with Crippen LogP contribution in [0.3, 0.4) is 0 Å². The number of hydrogen-bond acceptors (Lipinski definition) is 5. The molecule has 1 aromatic heterocycles. The molecule has 22 heavy (non-hydrogen) atoms. The van der Waals surface area contributed by atoms with Gasteiger partial charge in [0.15, 0.2) is 5.13 Å². The molecule has 1 amide bonds. The summed E-state index contributed by atoms with van der Waals surface area (Å²) in [6.07, 6.45) is 2.13. The number of carbonyl (C=O) groups excluding carboxylic acids is 1. The average molecular weight is 317 g/mol. The number of rotatable bonds is 6. The molecule has 1 heterocycles. The number of aliphatic hydroxyl groups excluding tert-OH is 1. The Morgan fingerprint density at radius 2 is 2.23 bits per heavy atom. The summed E-state index contributed by atoms with van der Waals surface area (Å²) in [6, 6.07) is 7.99. The SMILES string of the molecule is CC(=O)N(c1nc(CNc2ccccc2CO)cs1)C1CC1. The minimum absolute atomic E-state index is 0.00524. The molecule has 0 radical (unpaired) electrons. The van der Waals surface area contributed by atoms with E-state index in [0.717, 1.165) is 34.9 Å². The molecule has 2 N–H and O–H groups in total. The first-order valence-electron chi connectivity index (χ1n) is 7.36. The van der Waals surface area contributed by atoms with Crippen molar-refractivity contribution in [2.24, 2.45) is 0 Å². The number of thiazole rings is 1. The average Bonchev–Trinajstić information content (AvgIpc) is 3.23. The highest BCUT2D eigenvalue weighted by molar-refractivity contribution is 7.14. The standard InChI is InChI=1S/C16H19N3O2S/c1-11(21)19(14-6-7-14)16-18-13(10-22-16)8-17-15-5-3-2-4-12(15)9-20/h2-5,10,14,17,20H,6-9H2,1H3. The van der Waals surface area contributed by atoms with Gasteiger partial charge in [0.05, 0.1) is 18.8 Å². The molecule has 0 aliphatic heterocycles. The normalized spacial score (nSPS) is 13.9. The molecule has 0 spiro atoms. The van der Waals surface area contributed by atoms with Crippen LogP contribution in [0, 0.1) is 0 Å². The van der Waals surface area contributed by atoms with Gasteiger partial charge in [-0.05, 0) is 18.9 Å². The highest BCUT2D eigenvalue weighted by Crippen LogP contribution is 2.33. The lowest BCUT2D eigenvalue weighted by Crippen LogP contribution is -2.30. The minimum atomic E-state index is 0.00524. The van der Waals surface area contributed by atoms with Crippen molar-refractivity contribution < 1.29 is 9.90 Å². The van der Waals surface area contributed by atoms with Crippen molar-refractivity contribution in [1.29, 1.82) is 0 Å². The molecule has 1 aliphatic carbocycles. The summed E-state index contributed by atoms with van der Waals surface area (Å²) in [5, 5.41) is 15.4. The molecule has 1 saturated carbocycles. The van der Waals surface area contributed by atoms with Crippen LogP contribution in [0.5, 0.6) is 0 Å². The molecular weight excluding hydrogens is 298 g/mol. The van der Waals surface area contributed by atoms with E-state index in [-0.39, 0.29) is 12.5 Å². The number of amides is 1. The number of para-hydroxylation sites is 1. The van der Waals surface area contributed by atoms with Crippen LogP contribution in [0.25, 0.3) is 0 Å². The highest BCUT2D eigenvalue weighted by Gasteiger charge is 2.33. The molecule has 0 saturated heterocycles. The summed E-state index contributed by atoms with van der Waals surface area (Å²) in [6.45, 7) is 2.17. The third-order valence-corrected chi connectivity index (χ3v) is 4.53. The predicted octanol–water partition coefficient (Wildman–Crippen LogP) is 2.76. The first-order valence-corrected chi connectivity index (χ1v) is 8.24. The Balaban J connectivity index is 1.68. The van der Waals surface area contributed by atoms with Gasteiger partial charge in [0.1, 0.15) is 0 Å². The number of hydrogen-bond donors (Lipinski definition) is 2. The van der Waals surface area contributed by atoms with Crippen LogP contribution in [-0.2, 0) is 17.9 Å². The first kappa shape index (κ1) is 15.0.